The molecule has 8 nitrogen and oxygen atoms in total. The number of sulfone groups is 1. The third-order valence-corrected chi connectivity index (χ3v) is 7.15. The number of aryl methyl sites for hydroxylation is 1. The van der Waals surface area contributed by atoms with Crippen molar-refractivity contribution >= 4 is 26.8 Å². The fraction of sp³-hybridized carbons (Fsp3) is 0.500. The second-order valence-electron chi connectivity index (χ2n) is 6.30. The molecule has 23 heavy (non-hydrogen) atoms. The molecule has 0 unspecified atom stereocenters. The van der Waals surface area contributed by atoms with Crippen LogP contribution in [0.3, 0.4) is 0 Å². The maximum Gasteiger partial charge on any atom is 0.255 e. The number of carbonyl (C=O) groups is 1. The van der Waals surface area contributed by atoms with Crippen molar-refractivity contribution in [2.75, 3.05) is 18.8 Å². The second kappa shape index (κ2) is 4.75. The van der Waals surface area contributed by atoms with Gasteiger partial charge in [0.25, 0.3) is 5.91 Å². The Morgan fingerprint density at radius 1 is 1.35 bits per heavy atom. The van der Waals surface area contributed by atoms with Crippen molar-refractivity contribution in [3.8, 4) is 0 Å². The monoisotopic (exact) mass is 335 g/mol. The molecule has 0 radical (unpaired) electrons. The third kappa shape index (κ3) is 2.14. The minimum Gasteiger partial charge on any atom is -0.337 e. The standard InChI is InChI=1S/C14H17N5O3S/c1-18-12-2-8(3-16-11(12)4-17-18)14(20)19-5-9-10(15)7-23(21,22)13(9)6-19/h2-4,9-10,13H,5-7,15H2,1H3/t9-,10+,13-/m0/s1. The minimum atomic E-state index is -3.20. The highest BCUT2D eigenvalue weighted by Gasteiger charge is 2.51. The van der Waals surface area contributed by atoms with Crippen LogP contribution in [0.2, 0.25) is 0 Å². The number of rotatable bonds is 1. The van der Waals surface area contributed by atoms with Crippen molar-refractivity contribution in [3.05, 3.63) is 24.0 Å². The van der Waals surface area contributed by atoms with Crippen molar-refractivity contribution in [3.63, 3.8) is 0 Å². The van der Waals surface area contributed by atoms with Gasteiger partial charge in [0, 0.05) is 38.3 Å². The van der Waals surface area contributed by atoms with Gasteiger partial charge in [0.2, 0.25) is 0 Å². The lowest BCUT2D eigenvalue weighted by atomic mass is 10.0. The van der Waals surface area contributed by atoms with Gasteiger partial charge < -0.3 is 10.6 Å². The fourth-order valence-corrected chi connectivity index (χ4v) is 5.86. The van der Waals surface area contributed by atoms with Gasteiger partial charge in [0.1, 0.15) is 5.52 Å². The first-order valence-corrected chi connectivity index (χ1v) is 9.12. The lowest BCUT2D eigenvalue weighted by molar-refractivity contribution is 0.0785. The molecule has 4 heterocycles. The van der Waals surface area contributed by atoms with Gasteiger partial charge in [-0.1, -0.05) is 0 Å². The van der Waals surface area contributed by atoms with Crippen molar-refractivity contribution in [1.29, 1.82) is 0 Å². The highest BCUT2D eigenvalue weighted by molar-refractivity contribution is 7.92. The van der Waals surface area contributed by atoms with Gasteiger partial charge in [-0.15, -0.1) is 0 Å². The summed E-state index contributed by atoms with van der Waals surface area (Å²) in [6.45, 7) is 0.594. The molecule has 122 valence electrons. The Balaban J connectivity index is 1.63. The zero-order chi connectivity index (χ0) is 16.4. The first kappa shape index (κ1) is 14.6. The molecule has 4 rings (SSSR count). The number of fused-ring (bicyclic) bond motifs is 2. The molecule has 9 heteroatoms. The summed E-state index contributed by atoms with van der Waals surface area (Å²) >= 11 is 0. The largest absolute Gasteiger partial charge is 0.337 e. The number of nitrogens with zero attached hydrogens (tertiary/aromatic N) is 4. The normalized spacial score (nSPS) is 29.1. The van der Waals surface area contributed by atoms with Crippen LogP contribution < -0.4 is 5.73 Å². The van der Waals surface area contributed by atoms with Crippen LogP contribution in [-0.2, 0) is 16.9 Å². The Labute approximate surface area is 133 Å². The van der Waals surface area contributed by atoms with Gasteiger partial charge >= 0.3 is 0 Å². The third-order valence-electron chi connectivity index (χ3n) is 4.88. The van der Waals surface area contributed by atoms with Crippen LogP contribution in [0.15, 0.2) is 18.5 Å². The SMILES string of the molecule is Cn1ncc2ncc(C(=O)N3C[C@H]4[C@H](N)CS(=O)(=O)[C@H]4C3)cc21. The molecular formula is C14H17N5O3S. The van der Waals surface area contributed by atoms with Crippen LogP contribution in [0.5, 0.6) is 0 Å². The molecular weight excluding hydrogens is 318 g/mol. The van der Waals surface area contributed by atoms with Crippen LogP contribution in [0.1, 0.15) is 10.4 Å². The molecule has 2 aromatic heterocycles. The Kier molecular flexibility index (Phi) is 3.01. The predicted molar refractivity (Wildman–Crippen MR) is 83.5 cm³/mol. The maximum absolute atomic E-state index is 12.7. The summed E-state index contributed by atoms with van der Waals surface area (Å²) in [4.78, 5) is 18.5. The van der Waals surface area contributed by atoms with Gasteiger partial charge in [-0.25, -0.2) is 8.42 Å². The zero-order valence-corrected chi connectivity index (χ0v) is 13.4. The quantitative estimate of drug-likeness (QED) is 0.728. The van der Waals surface area contributed by atoms with Gasteiger partial charge in [-0.3, -0.25) is 14.5 Å². The van der Waals surface area contributed by atoms with Crippen molar-refractivity contribution in [1.82, 2.24) is 19.7 Å². The Morgan fingerprint density at radius 3 is 2.87 bits per heavy atom. The van der Waals surface area contributed by atoms with Gasteiger partial charge in [-0.2, -0.15) is 5.10 Å². The summed E-state index contributed by atoms with van der Waals surface area (Å²) < 4.78 is 25.9. The summed E-state index contributed by atoms with van der Waals surface area (Å²) in [6.07, 6.45) is 3.14. The van der Waals surface area contributed by atoms with Gasteiger partial charge in [-0.05, 0) is 6.07 Å². The molecule has 0 saturated carbocycles. The number of hydrogen-bond donors (Lipinski definition) is 1. The lowest BCUT2D eigenvalue weighted by Crippen LogP contribution is -2.35. The van der Waals surface area contributed by atoms with Crippen molar-refractivity contribution in [2.45, 2.75) is 11.3 Å². The summed E-state index contributed by atoms with van der Waals surface area (Å²) in [6, 6.07) is 1.35. The topological polar surface area (TPSA) is 111 Å². The number of carbonyl (C=O) groups excluding carboxylic acids is 1. The summed E-state index contributed by atoms with van der Waals surface area (Å²) in [5.41, 5.74) is 7.85. The second-order valence-corrected chi connectivity index (χ2v) is 8.57. The Morgan fingerprint density at radius 2 is 2.13 bits per heavy atom. The van der Waals surface area contributed by atoms with E-state index in [4.69, 9.17) is 5.73 Å². The summed E-state index contributed by atoms with van der Waals surface area (Å²) in [5, 5.41) is 3.57. The highest BCUT2D eigenvalue weighted by atomic mass is 32.2. The van der Waals surface area contributed by atoms with Crippen LogP contribution in [-0.4, -0.2) is 64.1 Å². The molecule has 0 spiro atoms. The lowest BCUT2D eigenvalue weighted by Gasteiger charge is -2.18. The molecule has 2 aromatic rings. The van der Waals surface area contributed by atoms with E-state index in [1.807, 2.05) is 0 Å². The first-order valence-electron chi connectivity index (χ1n) is 7.41. The van der Waals surface area contributed by atoms with E-state index in [1.54, 1.807) is 28.9 Å². The van der Waals surface area contributed by atoms with Crippen LogP contribution in [0.4, 0.5) is 0 Å². The first-order chi connectivity index (χ1) is 10.9. The fourth-order valence-electron chi connectivity index (χ4n) is 3.60. The number of aromatic nitrogens is 3. The summed E-state index contributed by atoms with van der Waals surface area (Å²) in [7, 11) is -1.42. The van der Waals surface area contributed by atoms with E-state index in [0.29, 0.717) is 17.6 Å². The zero-order valence-electron chi connectivity index (χ0n) is 12.6. The van der Waals surface area contributed by atoms with E-state index >= 15 is 0 Å². The van der Waals surface area contributed by atoms with Crippen LogP contribution >= 0.6 is 0 Å². The molecule has 1 amide bonds. The average Bonchev–Trinajstić information content (AvgIpc) is 3.15. The summed E-state index contributed by atoms with van der Waals surface area (Å²) in [5.74, 6) is -0.359. The molecule has 2 N–H and O–H groups in total. The van der Waals surface area contributed by atoms with Crippen molar-refractivity contribution < 1.29 is 13.2 Å². The average molecular weight is 335 g/mol. The van der Waals surface area contributed by atoms with Crippen LogP contribution in [0.25, 0.3) is 11.0 Å². The number of pyridine rings is 1. The number of amides is 1. The molecule has 2 aliphatic rings. The van der Waals surface area contributed by atoms with Crippen molar-refractivity contribution in [2.24, 2.45) is 18.7 Å². The molecule has 2 aliphatic heterocycles. The van der Waals surface area contributed by atoms with E-state index in [0.717, 1.165) is 5.52 Å². The molecule has 0 aliphatic carbocycles. The molecule has 0 aromatic carbocycles. The smallest absolute Gasteiger partial charge is 0.255 e. The number of likely N-dealkylation sites (tertiary alicyclic amines) is 1. The molecule has 3 atom stereocenters. The van der Waals surface area contributed by atoms with Gasteiger partial charge in [0.15, 0.2) is 9.84 Å². The Bertz CT molecular complexity index is 906. The van der Waals surface area contributed by atoms with E-state index < -0.39 is 15.1 Å². The highest BCUT2D eigenvalue weighted by Crippen LogP contribution is 2.33. The predicted octanol–water partition coefficient (Wildman–Crippen LogP) is -0.835. The van der Waals surface area contributed by atoms with E-state index in [-0.39, 0.29) is 30.2 Å². The molecule has 0 bridgehead atoms. The van der Waals surface area contributed by atoms with E-state index in [9.17, 15) is 13.2 Å². The molecule has 2 fully saturated rings. The molecule has 2 saturated heterocycles. The van der Waals surface area contributed by atoms with Gasteiger partial charge in [0.05, 0.1) is 28.3 Å². The van der Waals surface area contributed by atoms with E-state index in [1.165, 1.54) is 6.20 Å². The number of nitrogens with two attached hydrogens (primary N) is 1. The Hall–Kier alpha value is -2.00. The van der Waals surface area contributed by atoms with E-state index in [2.05, 4.69) is 10.1 Å². The number of hydrogen-bond acceptors (Lipinski definition) is 6. The maximum atomic E-state index is 12.7. The minimum absolute atomic E-state index is 0.0207. The van der Waals surface area contributed by atoms with Crippen LogP contribution in [0, 0.1) is 5.92 Å².